The molecule has 0 aliphatic carbocycles. The fourth-order valence-corrected chi connectivity index (χ4v) is 1.71. The van der Waals surface area contributed by atoms with E-state index in [1.165, 1.54) is 0 Å². The van der Waals surface area contributed by atoms with Gasteiger partial charge in [0, 0.05) is 6.54 Å². The molecule has 0 aliphatic heterocycles. The van der Waals surface area contributed by atoms with Crippen molar-refractivity contribution >= 4 is 11.6 Å². The van der Waals surface area contributed by atoms with E-state index in [2.05, 4.69) is 10.3 Å². The monoisotopic (exact) mass is 236 g/mol. The fourth-order valence-electron chi connectivity index (χ4n) is 1.51. The molecule has 1 aromatic heterocycles. The van der Waals surface area contributed by atoms with E-state index in [1.807, 2.05) is 32.2 Å². The zero-order valence-corrected chi connectivity index (χ0v) is 10.0. The summed E-state index contributed by atoms with van der Waals surface area (Å²) in [5.74, 6) is 0.568. The number of halogens is 1. The summed E-state index contributed by atoms with van der Waals surface area (Å²) in [6.45, 7) is 2.65. The Kier molecular flexibility index (Phi) is 3.27. The SMILES string of the molecule is CNCc1coc(-c2cccc(C)c2Cl)n1. The molecule has 1 N–H and O–H groups in total. The Labute approximate surface area is 99.5 Å². The molecule has 0 radical (unpaired) electrons. The number of nitrogens with zero attached hydrogens (tertiary/aromatic N) is 1. The van der Waals surface area contributed by atoms with Gasteiger partial charge in [0.1, 0.15) is 6.26 Å². The minimum absolute atomic E-state index is 0.568. The van der Waals surface area contributed by atoms with Gasteiger partial charge in [-0.2, -0.15) is 0 Å². The van der Waals surface area contributed by atoms with Gasteiger partial charge < -0.3 is 9.73 Å². The van der Waals surface area contributed by atoms with E-state index in [9.17, 15) is 0 Å². The molecule has 0 fully saturated rings. The number of aromatic nitrogens is 1. The molecule has 0 atom stereocenters. The minimum Gasteiger partial charge on any atom is -0.444 e. The topological polar surface area (TPSA) is 38.1 Å². The zero-order valence-electron chi connectivity index (χ0n) is 9.25. The van der Waals surface area contributed by atoms with Crippen LogP contribution in [0.1, 0.15) is 11.3 Å². The van der Waals surface area contributed by atoms with Crippen LogP contribution in [0.25, 0.3) is 11.5 Å². The normalized spacial score (nSPS) is 10.7. The second-order valence-corrected chi connectivity index (χ2v) is 3.99. The first-order valence-corrected chi connectivity index (χ1v) is 5.44. The minimum atomic E-state index is 0.568. The van der Waals surface area contributed by atoms with E-state index in [4.69, 9.17) is 16.0 Å². The zero-order chi connectivity index (χ0) is 11.5. The van der Waals surface area contributed by atoms with Crippen molar-refractivity contribution in [2.24, 2.45) is 0 Å². The van der Waals surface area contributed by atoms with Gasteiger partial charge in [-0.1, -0.05) is 23.7 Å². The van der Waals surface area contributed by atoms with Crippen LogP contribution in [-0.2, 0) is 6.54 Å². The highest BCUT2D eigenvalue weighted by Gasteiger charge is 2.11. The number of benzene rings is 1. The third-order valence-electron chi connectivity index (χ3n) is 2.33. The fraction of sp³-hybridized carbons (Fsp3) is 0.250. The molecule has 0 amide bonds. The van der Waals surface area contributed by atoms with Gasteiger partial charge in [-0.25, -0.2) is 4.98 Å². The van der Waals surface area contributed by atoms with Gasteiger partial charge in [0.25, 0.3) is 0 Å². The lowest BCUT2D eigenvalue weighted by atomic mass is 10.1. The van der Waals surface area contributed by atoms with Crippen LogP contribution in [0.5, 0.6) is 0 Å². The number of nitrogens with one attached hydrogen (secondary N) is 1. The van der Waals surface area contributed by atoms with E-state index >= 15 is 0 Å². The van der Waals surface area contributed by atoms with Crippen molar-refractivity contribution in [3.8, 4) is 11.5 Å². The van der Waals surface area contributed by atoms with Crippen LogP contribution >= 0.6 is 11.6 Å². The molecule has 84 valence electrons. The molecule has 2 rings (SSSR count). The van der Waals surface area contributed by atoms with Crippen molar-refractivity contribution in [2.45, 2.75) is 13.5 Å². The molecule has 1 aromatic carbocycles. The summed E-state index contributed by atoms with van der Waals surface area (Å²) in [5.41, 5.74) is 2.73. The smallest absolute Gasteiger partial charge is 0.227 e. The molecule has 2 aromatic rings. The molecule has 0 aliphatic rings. The van der Waals surface area contributed by atoms with Crippen LogP contribution in [0.3, 0.4) is 0 Å². The molecular weight excluding hydrogens is 224 g/mol. The third-order valence-corrected chi connectivity index (χ3v) is 2.83. The molecule has 0 saturated heterocycles. The summed E-state index contributed by atoms with van der Waals surface area (Å²) in [4.78, 5) is 4.36. The van der Waals surface area contributed by atoms with E-state index in [1.54, 1.807) is 6.26 Å². The predicted molar refractivity (Wildman–Crippen MR) is 64.4 cm³/mol. The summed E-state index contributed by atoms with van der Waals surface area (Å²) >= 11 is 6.20. The first-order valence-electron chi connectivity index (χ1n) is 5.07. The van der Waals surface area contributed by atoms with Gasteiger partial charge in [-0.05, 0) is 25.6 Å². The van der Waals surface area contributed by atoms with Gasteiger partial charge in [-0.15, -0.1) is 0 Å². The number of hydrogen-bond donors (Lipinski definition) is 1. The molecule has 3 nitrogen and oxygen atoms in total. The van der Waals surface area contributed by atoms with Crippen LogP contribution < -0.4 is 5.32 Å². The van der Waals surface area contributed by atoms with Crippen LogP contribution in [0.4, 0.5) is 0 Å². The summed E-state index contributed by atoms with van der Waals surface area (Å²) in [6, 6.07) is 5.81. The molecular formula is C12H13ClN2O. The Morgan fingerprint density at radius 2 is 2.25 bits per heavy atom. The van der Waals surface area contributed by atoms with Gasteiger partial charge in [0.05, 0.1) is 16.3 Å². The molecule has 16 heavy (non-hydrogen) atoms. The van der Waals surface area contributed by atoms with E-state index in [0.29, 0.717) is 17.5 Å². The van der Waals surface area contributed by atoms with Gasteiger partial charge in [0.15, 0.2) is 0 Å². The lowest BCUT2D eigenvalue weighted by Crippen LogP contribution is -2.04. The third kappa shape index (κ3) is 2.10. The van der Waals surface area contributed by atoms with Crippen molar-refractivity contribution in [3.05, 3.63) is 40.7 Å². The maximum Gasteiger partial charge on any atom is 0.227 e. The van der Waals surface area contributed by atoms with Crippen molar-refractivity contribution in [1.82, 2.24) is 10.3 Å². The number of rotatable bonds is 3. The van der Waals surface area contributed by atoms with Gasteiger partial charge in [0.2, 0.25) is 5.89 Å². The maximum absolute atomic E-state index is 6.20. The molecule has 4 heteroatoms. The molecule has 0 saturated carbocycles. The first-order chi connectivity index (χ1) is 7.72. The van der Waals surface area contributed by atoms with Crippen LogP contribution in [-0.4, -0.2) is 12.0 Å². The summed E-state index contributed by atoms with van der Waals surface area (Å²) in [6.07, 6.45) is 1.64. The second-order valence-electron chi connectivity index (χ2n) is 3.61. The molecule has 1 heterocycles. The Balaban J connectivity index is 2.39. The lowest BCUT2D eigenvalue weighted by molar-refractivity contribution is 0.571. The van der Waals surface area contributed by atoms with E-state index < -0.39 is 0 Å². The molecule has 0 unspecified atom stereocenters. The Morgan fingerprint density at radius 1 is 1.44 bits per heavy atom. The number of oxazole rings is 1. The Morgan fingerprint density at radius 3 is 3.00 bits per heavy atom. The highest BCUT2D eigenvalue weighted by Crippen LogP contribution is 2.29. The van der Waals surface area contributed by atoms with Crippen molar-refractivity contribution in [1.29, 1.82) is 0 Å². The van der Waals surface area contributed by atoms with E-state index in [-0.39, 0.29) is 0 Å². The summed E-state index contributed by atoms with van der Waals surface area (Å²) < 4.78 is 5.40. The Hall–Kier alpha value is -1.32. The molecule has 0 bridgehead atoms. The second kappa shape index (κ2) is 4.68. The standard InChI is InChI=1S/C12H13ClN2O/c1-8-4-3-5-10(11(8)13)12-15-9(6-14-2)7-16-12/h3-5,7,14H,6H2,1-2H3. The quantitative estimate of drug-likeness (QED) is 0.890. The van der Waals surface area contributed by atoms with Crippen LogP contribution in [0, 0.1) is 6.92 Å². The first kappa shape index (κ1) is 11.2. The average molecular weight is 237 g/mol. The van der Waals surface area contributed by atoms with Crippen molar-refractivity contribution in [3.63, 3.8) is 0 Å². The van der Waals surface area contributed by atoms with E-state index in [0.717, 1.165) is 16.8 Å². The van der Waals surface area contributed by atoms with Crippen molar-refractivity contribution < 1.29 is 4.42 Å². The van der Waals surface area contributed by atoms with Gasteiger partial charge >= 0.3 is 0 Å². The summed E-state index contributed by atoms with van der Waals surface area (Å²) in [7, 11) is 1.87. The average Bonchev–Trinajstić information content (AvgIpc) is 2.71. The summed E-state index contributed by atoms with van der Waals surface area (Å²) in [5, 5.41) is 3.71. The highest BCUT2D eigenvalue weighted by atomic mass is 35.5. The number of aryl methyl sites for hydroxylation is 1. The Bertz CT molecular complexity index is 494. The highest BCUT2D eigenvalue weighted by molar-refractivity contribution is 6.33. The lowest BCUT2D eigenvalue weighted by Gasteiger charge is -2.01. The van der Waals surface area contributed by atoms with Crippen molar-refractivity contribution in [2.75, 3.05) is 7.05 Å². The predicted octanol–water partition coefficient (Wildman–Crippen LogP) is 3.02. The molecule has 0 spiro atoms. The number of hydrogen-bond acceptors (Lipinski definition) is 3. The largest absolute Gasteiger partial charge is 0.444 e. The van der Waals surface area contributed by atoms with Crippen LogP contribution in [0.15, 0.2) is 28.9 Å². The van der Waals surface area contributed by atoms with Gasteiger partial charge in [-0.3, -0.25) is 0 Å². The maximum atomic E-state index is 6.20. The van der Waals surface area contributed by atoms with Crippen LogP contribution in [0.2, 0.25) is 5.02 Å².